The second-order valence-electron chi connectivity index (χ2n) is 8.92. The smallest absolute Gasteiger partial charge is 0.204 e. The predicted molar refractivity (Wildman–Crippen MR) is 102 cm³/mol. The molecule has 5 fully saturated rings. The van der Waals surface area contributed by atoms with Crippen molar-refractivity contribution in [3.05, 3.63) is 34.9 Å². The van der Waals surface area contributed by atoms with Crippen LogP contribution in [0.2, 0.25) is 5.02 Å². The van der Waals surface area contributed by atoms with Gasteiger partial charge >= 0.3 is 0 Å². The summed E-state index contributed by atoms with van der Waals surface area (Å²) in [4.78, 5) is 12.4. The van der Waals surface area contributed by atoms with Crippen molar-refractivity contribution in [1.29, 1.82) is 0 Å². The zero-order chi connectivity index (χ0) is 18.5. The summed E-state index contributed by atoms with van der Waals surface area (Å²) in [5, 5.41) is 0.777. The largest absolute Gasteiger partial charge is 0.349 e. The second kappa shape index (κ2) is 7.00. The van der Waals surface area contributed by atoms with Crippen LogP contribution in [-0.4, -0.2) is 24.3 Å². The van der Waals surface area contributed by atoms with Crippen molar-refractivity contribution in [1.82, 2.24) is 0 Å². The highest BCUT2D eigenvalue weighted by Gasteiger charge is 2.67. The fraction of sp³-hybridized carbons (Fsp3) is 0.727. The molecule has 1 spiro atoms. The molecule has 4 heterocycles. The summed E-state index contributed by atoms with van der Waals surface area (Å²) in [6, 6.07) is 8.07. The molecular formula is C22H29ClO4. The van der Waals surface area contributed by atoms with Crippen LogP contribution < -0.4 is 0 Å². The lowest BCUT2D eigenvalue weighted by atomic mass is 9.61. The van der Waals surface area contributed by atoms with Gasteiger partial charge in [0.2, 0.25) is 5.79 Å². The van der Waals surface area contributed by atoms with Crippen LogP contribution in [0.25, 0.3) is 0 Å². The highest BCUT2D eigenvalue weighted by molar-refractivity contribution is 6.30. The van der Waals surface area contributed by atoms with E-state index < -0.39 is 11.4 Å². The average molecular weight is 393 g/mol. The van der Waals surface area contributed by atoms with Crippen LogP contribution in [0.5, 0.6) is 0 Å². The van der Waals surface area contributed by atoms with E-state index in [1.807, 2.05) is 12.1 Å². The fourth-order valence-corrected chi connectivity index (χ4v) is 6.03. The summed E-state index contributed by atoms with van der Waals surface area (Å²) in [7, 11) is 0. The standard InChI is InChI=1S/C22H29ClO4/c1-15-4-7-17-11-14-24-20-22(17)19(15)10-13-21(25-20,26-27-22)12-2-3-16-5-8-18(23)9-6-16/h5-6,8-9,15,17,19-20H,2-4,7,10-14H2,1H3/t15-,17+,19+,20-,21-,22+/m1/s1. The van der Waals surface area contributed by atoms with Gasteiger partial charge < -0.3 is 9.47 Å². The number of halogens is 1. The third-order valence-electron chi connectivity index (χ3n) is 7.41. The van der Waals surface area contributed by atoms with Gasteiger partial charge in [0.25, 0.3) is 0 Å². The minimum atomic E-state index is -0.665. The van der Waals surface area contributed by atoms with Gasteiger partial charge in [0, 0.05) is 17.9 Å². The van der Waals surface area contributed by atoms with Crippen LogP contribution in [0.1, 0.15) is 57.4 Å². The molecule has 4 nitrogen and oxygen atoms in total. The molecule has 1 aromatic rings. The van der Waals surface area contributed by atoms with Gasteiger partial charge in [-0.3, -0.25) is 0 Å². The monoisotopic (exact) mass is 392 g/mol. The molecule has 27 heavy (non-hydrogen) atoms. The van der Waals surface area contributed by atoms with E-state index in [-0.39, 0.29) is 6.29 Å². The van der Waals surface area contributed by atoms with Crippen LogP contribution in [0.4, 0.5) is 0 Å². The van der Waals surface area contributed by atoms with E-state index in [1.54, 1.807) is 0 Å². The third-order valence-corrected chi connectivity index (χ3v) is 7.66. The maximum atomic E-state index is 6.54. The van der Waals surface area contributed by atoms with Crippen molar-refractivity contribution in [3.8, 4) is 0 Å². The summed E-state index contributed by atoms with van der Waals surface area (Å²) in [6.45, 7) is 3.12. The molecule has 4 aliphatic heterocycles. The van der Waals surface area contributed by atoms with E-state index in [1.165, 1.54) is 18.4 Å². The van der Waals surface area contributed by atoms with Crippen molar-refractivity contribution in [2.24, 2.45) is 17.8 Å². The minimum absolute atomic E-state index is 0.282. The van der Waals surface area contributed by atoms with Crippen LogP contribution in [0.3, 0.4) is 0 Å². The number of hydrogen-bond acceptors (Lipinski definition) is 4. The molecule has 1 saturated carbocycles. The molecule has 6 rings (SSSR count). The molecular weight excluding hydrogens is 364 g/mol. The molecule has 0 N–H and O–H groups in total. The van der Waals surface area contributed by atoms with E-state index in [0.29, 0.717) is 17.8 Å². The Morgan fingerprint density at radius 2 is 1.93 bits per heavy atom. The Morgan fingerprint density at radius 3 is 2.78 bits per heavy atom. The quantitative estimate of drug-likeness (QED) is 0.653. The molecule has 148 valence electrons. The Kier molecular flexibility index (Phi) is 4.76. The Morgan fingerprint density at radius 1 is 1.07 bits per heavy atom. The fourth-order valence-electron chi connectivity index (χ4n) is 5.91. The predicted octanol–water partition coefficient (Wildman–Crippen LogP) is 5.28. The molecule has 1 aromatic carbocycles. The van der Waals surface area contributed by atoms with Gasteiger partial charge in [-0.1, -0.05) is 30.7 Å². The van der Waals surface area contributed by atoms with E-state index >= 15 is 0 Å². The van der Waals surface area contributed by atoms with Gasteiger partial charge in [-0.2, -0.15) is 0 Å². The highest BCUT2D eigenvalue weighted by atomic mass is 35.5. The Hall–Kier alpha value is -0.650. The minimum Gasteiger partial charge on any atom is -0.349 e. The summed E-state index contributed by atoms with van der Waals surface area (Å²) in [6.07, 6.45) is 7.99. The zero-order valence-electron chi connectivity index (χ0n) is 16.0. The van der Waals surface area contributed by atoms with Crippen LogP contribution in [-0.2, 0) is 25.7 Å². The Bertz CT molecular complexity index is 675. The van der Waals surface area contributed by atoms with Crippen LogP contribution in [0.15, 0.2) is 24.3 Å². The first-order chi connectivity index (χ1) is 13.1. The molecule has 1 aliphatic carbocycles. The third kappa shape index (κ3) is 3.05. The number of ether oxygens (including phenoxy) is 2. The molecule has 5 heteroatoms. The molecule has 4 saturated heterocycles. The zero-order valence-corrected chi connectivity index (χ0v) is 16.7. The summed E-state index contributed by atoms with van der Waals surface area (Å²) in [5.74, 6) is 0.909. The van der Waals surface area contributed by atoms with Crippen molar-refractivity contribution in [2.45, 2.75) is 76.0 Å². The lowest BCUT2D eigenvalue weighted by Crippen LogP contribution is -2.67. The lowest BCUT2D eigenvalue weighted by Gasteiger charge is -2.57. The molecule has 6 atom stereocenters. The molecule has 2 bridgehead atoms. The first-order valence-corrected chi connectivity index (χ1v) is 10.9. The summed E-state index contributed by atoms with van der Waals surface area (Å²) < 4.78 is 12.7. The number of fused-ring (bicyclic) bond motifs is 2. The molecule has 5 aliphatic rings. The number of hydrogen-bond donors (Lipinski definition) is 0. The van der Waals surface area contributed by atoms with E-state index in [0.717, 1.165) is 50.2 Å². The topological polar surface area (TPSA) is 36.9 Å². The molecule has 0 radical (unpaired) electrons. The van der Waals surface area contributed by atoms with Gasteiger partial charge in [0.15, 0.2) is 11.9 Å². The average Bonchev–Trinajstić information content (AvgIpc) is 2.93. The maximum Gasteiger partial charge on any atom is 0.204 e. The van der Waals surface area contributed by atoms with E-state index in [2.05, 4.69) is 19.1 Å². The first-order valence-electron chi connectivity index (χ1n) is 10.5. The Balaban J connectivity index is 1.32. The number of aryl methyl sites for hydroxylation is 1. The second-order valence-corrected chi connectivity index (χ2v) is 9.35. The lowest BCUT2D eigenvalue weighted by molar-refractivity contribution is -0.568. The van der Waals surface area contributed by atoms with Gasteiger partial charge in [-0.15, -0.1) is 0 Å². The van der Waals surface area contributed by atoms with Crippen molar-refractivity contribution < 1.29 is 19.2 Å². The summed E-state index contributed by atoms with van der Waals surface area (Å²) >= 11 is 5.99. The first kappa shape index (κ1) is 18.4. The van der Waals surface area contributed by atoms with Crippen LogP contribution >= 0.6 is 11.6 Å². The van der Waals surface area contributed by atoms with Crippen LogP contribution in [0, 0.1) is 17.8 Å². The highest BCUT2D eigenvalue weighted by Crippen LogP contribution is 2.59. The van der Waals surface area contributed by atoms with Gasteiger partial charge in [0.05, 0.1) is 6.61 Å². The molecule has 0 amide bonds. The van der Waals surface area contributed by atoms with Crippen molar-refractivity contribution >= 4 is 11.6 Å². The molecule has 0 aromatic heterocycles. The molecule has 0 unspecified atom stereocenters. The SMILES string of the molecule is C[C@@H]1CC[C@H]2CCO[C@@H]3O[C@@]4(CCCc5ccc(Cl)cc5)CC[C@@H]1[C@@]23OO4. The van der Waals surface area contributed by atoms with Gasteiger partial charge in [-0.25, -0.2) is 9.78 Å². The van der Waals surface area contributed by atoms with Crippen molar-refractivity contribution in [2.75, 3.05) is 6.61 Å². The Labute approximate surface area is 166 Å². The number of benzene rings is 1. The van der Waals surface area contributed by atoms with E-state index in [4.69, 9.17) is 30.8 Å². The summed E-state index contributed by atoms with van der Waals surface area (Å²) in [5.41, 5.74) is 0.889. The number of rotatable bonds is 4. The van der Waals surface area contributed by atoms with Gasteiger partial charge in [0.1, 0.15) is 0 Å². The van der Waals surface area contributed by atoms with Crippen molar-refractivity contribution in [3.63, 3.8) is 0 Å². The normalized spacial score (nSPS) is 43.2. The van der Waals surface area contributed by atoms with Gasteiger partial charge in [-0.05, 0) is 74.0 Å². The van der Waals surface area contributed by atoms with E-state index in [9.17, 15) is 0 Å². The maximum absolute atomic E-state index is 6.54.